The van der Waals surface area contributed by atoms with E-state index in [1.165, 1.54) is 66.7 Å². The summed E-state index contributed by atoms with van der Waals surface area (Å²) in [6.07, 6.45) is 0. The molecule has 0 N–H and O–H groups in total. The summed E-state index contributed by atoms with van der Waals surface area (Å²) >= 11 is 0. The predicted molar refractivity (Wildman–Crippen MR) is 250 cm³/mol. The molecule has 0 spiro atoms. The second-order valence-corrected chi connectivity index (χ2v) is 17.9. The Kier molecular flexibility index (Phi) is 8.39. The Balaban J connectivity index is 1.32. The van der Waals surface area contributed by atoms with Crippen LogP contribution in [0.5, 0.6) is 0 Å². The molecule has 2 heterocycles. The molecular formula is C54H48BN3. The number of hydrogen-bond donors (Lipinski definition) is 0. The minimum absolute atomic E-state index is 0.00980. The van der Waals surface area contributed by atoms with Gasteiger partial charge in [-0.1, -0.05) is 151 Å². The Labute approximate surface area is 343 Å². The van der Waals surface area contributed by atoms with Crippen LogP contribution in [-0.2, 0) is 10.8 Å². The van der Waals surface area contributed by atoms with Gasteiger partial charge in [0.25, 0.3) is 6.71 Å². The molecule has 0 aliphatic carbocycles. The van der Waals surface area contributed by atoms with Gasteiger partial charge in [-0.2, -0.15) is 0 Å². The van der Waals surface area contributed by atoms with E-state index in [2.05, 4.69) is 238 Å². The number of fused-ring (bicyclic) bond motifs is 6. The smallest absolute Gasteiger partial charge is 0.252 e. The van der Waals surface area contributed by atoms with Gasteiger partial charge < -0.3 is 14.7 Å². The molecule has 0 radical (unpaired) electrons. The molecule has 8 aromatic rings. The Morgan fingerprint density at radius 2 is 0.897 bits per heavy atom. The molecule has 0 fully saturated rings. The average Bonchev–Trinajstić information content (AvgIpc) is 3.24. The van der Waals surface area contributed by atoms with Gasteiger partial charge in [0.1, 0.15) is 0 Å². The van der Waals surface area contributed by atoms with Crippen molar-refractivity contribution in [2.45, 2.75) is 52.4 Å². The predicted octanol–water partition coefficient (Wildman–Crippen LogP) is 13.0. The summed E-state index contributed by atoms with van der Waals surface area (Å²) in [4.78, 5) is 7.46. The van der Waals surface area contributed by atoms with Crippen LogP contribution in [0.2, 0.25) is 0 Å². The van der Waals surface area contributed by atoms with Crippen molar-refractivity contribution >= 4 is 85.1 Å². The largest absolute Gasteiger partial charge is 0.311 e. The highest BCUT2D eigenvalue weighted by Gasteiger charge is 2.45. The zero-order chi connectivity index (χ0) is 39.8. The average molecular weight is 750 g/mol. The molecule has 8 aromatic carbocycles. The molecule has 58 heavy (non-hydrogen) atoms. The van der Waals surface area contributed by atoms with Gasteiger partial charge >= 0.3 is 0 Å². The first-order valence-electron chi connectivity index (χ1n) is 20.6. The minimum atomic E-state index is -0.0284. The maximum Gasteiger partial charge on any atom is 0.252 e. The number of hydrogen-bond acceptors (Lipinski definition) is 3. The van der Waals surface area contributed by atoms with Crippen LogP contribution < -0.4 is 31.1 Å². The highest BCUT2D eigenvalue weighted by atomic mass is 15.2. The molecule has 0 aromatic heterocycles. The van der Waals surface area contributed by atoms with Gasteiger partial charge in [0, 0.05) is 50.9 Å². The maximum absolute atomic E-state index is 2.52. The maximum atomic E-state index is 2.52. The van der Waals surface area contributed by atoms with Gasteiger partial charge in [0.2, 0.25) is 0 Å². The summed E-state index contributed by atoms with van der Waals surface area (Å²) in [5, 5.41) is 2.48. The van der Waals surface area contributed by atoms with Crippen LogP contribution in [0.3, 0.4) is 0 Å². The van der Waals surface area contributed by atoms with Gasteiger partial charge in [-0.15, -0.1) is 0 Å². The zero-order valence-electron chi connectivity index (χ0n) is 34.2. The van der Waals surface area contributed by atoms with Crippen molar-refractivity contribution < 1.29 is 0 Å². The van der Waals surface area contributed by atoms with Crippen molar-refractivity contribution in [2.24, 2.45) is 0 Å². The molecule has 3 nitrogen and oxygen atoms in total. The second kappa shape index (κ2) is 13.6. The van der Waals surface area contributed by atoms with Gasteiger partial charge in [-0.05, 0) is 117 Å². The van der Waals surface area contributed by atoms with Gasteiger partial charge in [0.05, 0.1) is 5.69 Å². The highest BCUT2D eigenvalue weighted by molar-refractivity contribution is 7.01. The highest BCUT2D eigenvalue weighted by Crippen LogP contribution is 2.48. The van der Waals surface area contributed by atoms with Gasteiger partial charge in [0.15, 0.2) is 0 Å². The first-order valence-corrected chi connectivity index (χ1v) is 20.6. The lowest BCUT2D eigenvalue weighted by Gasteiger charge is -2.45. The quantitative estimate of drug-likeness (QED) is 0.162. The third-order valence-electron chi connectivity index (χ3n) is 12.1. The molecule has 0 unspecified atom stereocenters. The van der Waals surface area contributed by atoms with Crippen molar-refractivity contribution in [3.63, 3.8) is 0 Å². The lowest BCUT2D eigenvalue weighted by atomic mass is 9.32. The van der Waals surface area contributed by atoms with Crippen LogP contribution in [0.25, 0.3) is 10.8 Å². The SMILES string of the molecule is CC(C)(C)c1ccc(N2c3ccc(C(C)(C)C)cc3B3c4c2cccc4N(c2ccccc2)c2cc(N(c4ccccc4)c4ccccc4)c4ccccc4c23)cc1. The third kappa shape index (κ3) is 5.81. The van der Waals surface area contributed by atoms with E-state index in [0.717, 1.165) is 22.7 Å². The van der Waals surface area contributed by atoms with Crippen LogP contribution in [-0.4, -0.2) is 6.71 Å². The summed E-state index contributed by atoms with van der Waals surface area (Å²) in [5.74, 6) is 0. The van der Waals surface area contributed by atoms with E-state index < -0.39 is 0 Å². The Hall–Kier alpha value is -6.52. The molecule has 0 saturated heterocycles. The molecule has 282 valence electrons. The van der Waals surface area contributed by atoms with Crippen LogP contribution in [0.15, 0.2) is 182 Å². The minimum Gasteiger partial charge on any atom is -0.311 e. The fraction of sp³-hybridized carbons (Fsp3) is 0.148. The topological polar surface area (TPSA) is 9.72 Å². The molecule has 2 aliphatic rings. The lowest BCUT2D eigenvalue weighted by molar-refractivity contribution is 0.590. The van der Waals surface area contributed by atoms with Crippen LogP contribution in [0, 0.1) is 0 Å². The number of benzene rings is 8. The molecule has 0 atom stereocenters. The third-order valence-corrected chi connectivity index (χ3v) is 12.1. The normalized spacial score (nSPS) is 13.2. The molecule has 0 saturated carbocycles. The van der Waals surface area contributed by atoms with Gasteiger partial charge in [-0.3, -0.25) is 0 Å². The first-order chi connectivity index (χ1) is 28.1. The Morgan fingerprint density at radius 1 is 0.397 bits per heavy atom. The standard InChI is InChI=1S/C54H48BN3/c1-53(2,3)37-29-32-42(33-30-37)57-46-34-31-38(54(4,5)6)35-45(46)55-51-44-26-17-16-25-43(44)49(56(39-19-10-7-11-20-39)40-21-12-8-13-22-40)36-50(51)58(41-23-14-9-15-24-41)48-28-18-27-47(57)52(48)55/h7-36H,1-6H3. The Morgan fingerprint density at radius 3 is 1.48 bits per heavy atom. The van der Waals surface area contributed by atoms with Crippen LogP contribution in [0.4, 0.5) is 51.2 Å². The van der Waals surface area contributed by atoms with E-state index in [1.54, 1.807) is 0 Å². The molecule has 4 heteroatoms. The zero-order valence-corrected chi connectivity index (χ0v) is 34.2. The summed E-state index contributed by atoms with van der Waals surface area (Å²) in [7, 11) is 0. The van der Waals surface area contributed by atoms with E-state index >= 15 is 0 Å². The summed E-state index contributed by atoms with van der Waals surface area (Å²) < 4.78 is 0. The Bertz CT molecular complexity index is 2760. The monoisotopic (exact) mass is 749 g/mol. The number of para-hydroxylation sites is 3. The van der Waals surface area contributed by atoms with E-state index in [4.69, 9.17) is 0 Å². The van der Waals surface area contributed by atoms with E-state index in [0.29, 0.717) is 0 Å². The lowest BCUT2D eigenvalue weighted by Crippen LogP contribution is -2.61. The van der Waals surface area contributed by atoms with Crippen molar-refractivity contribution in [1.82, 2.24) is 0 Å². The molecule has 10 rings (SSSR count). The molecule has 0 amide bonds. The molecule has 0 bridgehead atoms. The first kappa shape index (κ1) is 35.9. The van der Waals surface area contributed by atoms with Crippen molar-refractivity contribution in [2.75, 3.05) is 14.7 Å². The number of nitrogens with zero attached hydrogens (tertiary/aromatic N) is 3. The van der Waals surface area contributed by atoms with Crippen molar-refractivity contribution in [1.29, 1.82) is 0 Å². The van der Waals surface area contributed by atoms with E-state index in [9.17, 15) is 0 Å². The summed E-state index contributed by atoms with van der Waals surface area (Å²) in [6, 6.07) is 67.5. The fourth-order valence-electron chi connectivity index (χ4n) is 9.26. The van der Waals surface area contributed by atoms with E-state index in [1.807, 2.05) is 0 Å². The van der Waals surface area contributed by atoms with E-state index in [-0.39, 0.29) is 17.5 Å². The number of rotatable bonds is 5. The second-order valence-electron chi connectivity index (χ2n) is 17.9. The van der Waals surface area contributed by atoms with Crippen LogP contribution in [0.1, 0.15) is 52.7 Å². The molecule has 2 aliphatic heterocycles. The van der Waals surface area contributed by atoms with Gasteiger partial charge in [-0.25, -0.2) is 0 Å². The van der Waals surface area contributed by atoms with Crippen molar-refractivity contribution in [3.05, 3.63) is 193 Å². The summed E-state index contributed by atoms with van der Waals surface area (Å²) in [5.41, 5.74) is 17.2. The molecular weight excluding hydrogens is 701 g/mol. The van der Waals surface area contributed by atoms with Crippen molar-refractivity contribution in [3.8, 4) is 0 Å². The van der Waals surface area contributed by atoms with Crippen LogP contribution >= 0.6 is 0 Å². The number of anilines is 9. The summed E-state index contributed by atoms with van der Waals surface area (Å²) in [6.45, 7) is 13.8. The fourth-order valence-corrected chi connectivity index (χ4v) is 9.26.